The third kappa shape index (κ3) is 2.56. The lowest BCUT2D eigenvalue weighted by Crippen LogP contribution is -2.03. The number of benzene rings is 1. The van der Waals surface area contributed by atoms with Gasteiger partial charge in [-0.15, -0.1) is 0 Å². The quantitative estimate of drug-likeness (QED) is 0.848. The van der Waals surface area contributed by atoms with Crippen LogP contribution in [0.3, 0.4) is 0 Å². The molecule has 1 aromatic carbocycles. The summed E-state index contributed by atoms with van der Waals surface area (Å²) < 4.78 is 16.4. The molecular weight excluding hydrogens is 216 g/mol. The number of aromatic carboxylic acids is 1. The lowest BCUT2D eigenvalue weighted by Gasteiger charge is -2.06. The second kappa shape index (κ2) is 4.93. The Balaban J connectivity index is 3.22. The van der Waals surface area contributed by atoms with Crippen LogP contribution in [0.4, 0.5) is 0 Å². The van der Waals surface area contributed by atoms with Crippen LogP contribution in [0.1, 0.15) is 17.3 Å². The normalized spacial score (nSPS) is 12.1. The Hall–Kier alpha value is -1.36. The monoisotopic (exact) mass is 228 g/mol. The molecule has 0 saturated carbocycles. The minimum absolute atomic E-state index is 0.0387. The van der Waals surface area contributed by atoms with Crippen LogP contribution in [-0.2, 0) is 10.8 Å². The van der Waals surface area contributed by atoms with Crippen molar-refractivity contribution in [3.8, 4) is 5.75 Å². The minimum Gasteiger partial charge on any atom is -0.496 e. The van der Waals surface area contributed by atoms with Gasteiger partial charge in [0, 0.05) is 10.6 Å². The van der Waals surface area contributed by atoms with E-state index in [-0.39, 0.29) is 11.3 Å². The van der Waals surface area contributed by atoms with Crippen molar-refractivity contribution < 1.29 is 18.8 Å². The number of methoxy groups -OCH3 is 1. The summed E-state index contributed by atoms with van der Waals surface area (Å²) in [5, 5.41) is 8.90. The van der Waals surface area contributed by atoms with Gasteiger partial charge in [-0.1, -0.05) is 6.92 Å². The van der Waals surface area contributed by atoms with Crippen LogP contribution in [0, 0.1) is 0 Å². The summed E-state index contributed by atoms with van der Waals surface area (Å²) in [7, 11) is 0.255. The molecule has 0 aliphatic carbocycles. The van der Waals surface area contributed by atoms with Gasteiger partial charge in [-0.25, -0.2) is 4.79 Å². The highest BCUT2D eigenvalue weighted by atomic mass is 32.2. The first kappa shape index (κ1) is 11.7. The first-order valence-corrected chi connectivity index (χ1v) is 5.71. The van der Waals surface area contributed by atoms with Gasteiger partial charge < -0.3 is 9.84 Å². The highest BCUT2D eigenvalue weighted by molar-refractivity contribution is 7.85. The van der Waals surface area contributed by atoms with E-state index in [1.54, 1.807) is 13.0 Å². The number of hydrogen-bond acceptors (Lipinski definition) is 3. The van der Waals surface area contributed by atoms with Crippen LogP contribution in [0.25, 0.3) is 0 Å². The van der Waals surface area contributed by atoms with E-state index < -0.39 is 16.8 Å². The van der Waals surface area contributed by atoms with Gasteiger partial charge in [0.05, 0.1) is 17.9 Å². The van der Waals surface area contributed by atoms with Crippen molar-refractivity contribution in [1.29, 1.82) is 0 Å². The molecule has 5 heteroatoms. The standard InChI is InChI=1S/C10H12O4S/c1-3-15(13)7-4-5-9(14-2)8(6-7)10(11)12/h4-6H,3H2,1-2H3,(H,11,12). The number of carboxylic acids is 1. The molecule has 1 N–H and O–H groups in total. The van der Waals surface area contributed by atoms with Gasteiger partial charge in [-0.2, -0.15) is 0 Å². The molecule has 0 aliphatic heterocycles. The zero-order valence-corrected chi connectivity index (χ0v) is 9.34. The predicted molar refractivity (Wildman–Crippen MR) is 56.9 cm³/mol. The average molecular weight is 228 g/mol. The zero-order chi connectivity index (χ0) is 11.4. The van der Waals surface area contributed by atoms with Crippen LogP contribution in [-0.4, -0.2) is 28.1 Å². The fourth-order valence-electron chi connectivity index (χ4n) is 1.16. The highest BCUT2D eigenvalue weighted by Crippen LogP contribution is 2.21. The molecule has 15 heavy (non-hydrogen) atoms. The van der Waals surface area contributed by atoms with Crippen molar-refractivity contribution in [2.45, 2.75) is 11.8 Å². The Kier molecular flexibility index (Phi) is 3.85. The highest BCUT2D eigenvalue weighted by Gasteiger charge is 2.13. The van der Waals surface area contributed by atoms with E-state index in [2.05, 4.69) is 0 Å². The smallest absolute Gasteiger partial charge is 0.339 e. The third-order valence-corrected chi connectivity index (χ3v) is 3.23. The lowest BCUT2D eigenvalue weighted by molar-refractivity contribution is 0.0693. The number of carbonyl (C=O) groups is 1. The van der Waals surface area contributed by atoms with E-state index >= 15 is 0 Å². The fourth-order valence-corrected chi connectivity index (χ4v) is 1.96. The molecule has 82 valence electrons. The number of rotatable bonds is 4. The molecule has 0 aliphatic rings. The first-order valence-electron chi connectivity index (χ1n) is 4.39. The molecule has 1 atom stereocenters. The van der Waals surface area contributed by atoms with Gasteiger partial charge in [0.25, 0.3) is 0 Å². The Labute approximate surface area is 90.3 Å². The van der Waals surface area contributed by atoms with Crippen LogP contribution in [0.15, 0.2) is 23.1 Å². The molecule has 0 saturated heterocycles. The largest absolute Gasteiger partial charge is 0.496 e. The molecule has 4 nitrogen and oxygen atoms in total. The van der Waals surface area contributed by atoms with Crippen molar-refractivity contribution in [3.63, 3.8) is 0 Å². The molecule has 0 fully saturated rings. The molecule has 0 amide bonds. The second-order valence-electron chi connectivity index (χ2n) is 2.80. The maximum Gasteiger partial charge on any atom is 0.339 e. The van der Waals surface area contributed by atoms with Gasteiger partial charge in [0.15, 0.2) is 0 Å². The van der Waals surface area contributed by atoms with Crippen molar-refractivity contribution in [3.05, 3.63) is 23.8 Å². The molecule has 0 heterocycles. The van der Waals surface area contributed by atoms with Crippen LogP contribution >= 0.6 is 0 Å². The summed E-state index contributed by atoms with van der Waals surface area (Å²) in [6.07, 6.45) is 0. The number of hydrogen-bond donors (Lipinski definition) is 1. The van der Waals surface area contributed by atoms with E-state index in [1.165, 1.54) is 19.2 Å². The van der Waals surface area contributed by atoms with Crippen molar-refractivity contribution in [2.75, 3.05) is 12.9 Å². The van der Waals surface area contributed by atoms with E-state index in [9.17, 15) is 9.00 Å². The van der Waals surface area contributed by atoms with Crippen molar-refractivity contribution >= 4 is 16.8 Å². The molecule has 1 unspecified atom stereocenters. The summed E-state index contributed by atoms with van der Waals surface area (Å²) in [5.41, 5.74) is 0.0387. The van der Waals surface area contributed by atoms with Gasteiger partial charge in [0.2, 0.25) is 0 Å². The topological polar surface area (TPSA) is 63.6 Å². The van der Waals surface area contributed by atoms with Gasteiger partial charge >= 0.3 is 5.97 Å². The Morgan fingerprint density at radius 3 is 2.67 bits per heavy atom. The maximum absolute atomic E-state index is 11.5. The summed E-state index contributed by atoms with van der Waals surface area (Å²) in [6, 6.07) is 4.53. The Bertz CT molecular complexity index is 400. The SMILES string of the molecule is CCS(=O)c1ccc(OC)c(C(=O)O)c1. The summed E-state index contributed by atoms with van der Waals surface area (Å²) in [4.78, 5) is 11.4. The second-order valence-corrected chi connectivity index (χ2v) is 4.54. The molecule has 0 aromatic heterocycles. The summed E-state index contributed by atoms with van der Waals surface area (Å²) in [5.74, 6) is -0.341. The molecule has 0 radical (unpaired) electrons. The van der Waals surface area contributed by atoms with Gasteiger partial charge in [-0.3, -0.25) is 4.21 Å². The molecular formula is C10H12O4S. The first-order chi connectivity index (χ1) is 7.10. The molecule has 1 rings (SSSR count). The van der Waals surface area contributed by atoms with Crippen molar-refractivity contribution in [2.24, 2.45) is 0 Å². The average Bonchev–Trinajstić information content (AvgIpc) is 2.27. The zero-order valence-electron chi connectivity index (χ0n) is 8.52. The fraction of sp³-hybridized carbons (Fsp3) is 0.300. The van der Waals surface area contributed by atoms with Gasteiger partial charge in [0.1, 0.15) is 11.3 Å². The van der Waals surface area contributed by atoms with E-state index in [0.717, 1.165) is 0 Å². The maximum atomic E-state index is 11.5. The third-order valence-electron chi connectivity index (χ3n) is 1.93. The molecule has 0 bridgehead atoms. The lowest BCUT2D eigenvalue weighted by atomic mass is 10.2. The Morgan fingerprint density at radius 1 is 1.53 bits per heavy atom. The minimum atomic E-state index is -1.15. The van der Waals surface area contributed by atoms with E-state index in [4.69, 9.17) is 9.84 Å². The predicted octanol–water partition coefficient (Wildman–Crippen LogP) is 1.52. The summed E-state index contributed by atoms with van der Waals surface area (Å²) >= 11 is 0. The molecule has 0 spiro atoms. The van der Waals surface area contributed by atoms with Gasteiger partial charge in [-0.05, 0) is 18.2 Å². The van der Waals surface area contributed by atoms with Crippen LogP contribution in [0.5, 0.6) is 5.75 Å². The van der Waals surface area contributed by atoms with Crippen LogP contribution < -0.4 is 4.74 Å². The number of ether oxygens (including phenoxy) is 1. The van der Waals surface area contributed by atoms with E-state index in [0.29, 0.717) is 10.6 Å². The van der Waals surface area contributed by atoms with Crippen molar-refractivity contribution in [1.82, 2.24) is 0 Å². The van der Waals surface area contributed by atoms with Crippen LogP contribution in [0.2, 0.25) is 0 Å². The Morgan fingerprint density at radius 2 is 2.20 bits per heavy atom. The molecule has 1 aromatic rings. The van der Waals surface area contributed by atoms with E-state index in [1.807, 2.05) is 0 Å². The summed E-state index contributed by atoms with van der Waals surface area (Å²) in [6.45, 7) is 1.78. The number of carboxylic acid groups (broad SMARTS) is 1.